The second-order valence-corrected chi connectivity index (χ2v) is 4.48. The number of carbonyl (C=O) groups excluding carboxylic acids is 2. The minimum atomic E-state index is -0.649. The number of rotatable bonds is 6. The van der Waals surface area contributed by atoms with Crippen LogP contribution in [0.5, 0.6) is 0 Å². The number of nitro benzene ring substituents is 1. The Morgan fingerprint density at radius 3 is 2.62 bits per heavy atom. The first kappa shape index (κ1) is 16.9. The quantitative estimate of drug-likeness (QED) is 0.456. The first-order valence-corrected chi connectivity index (χ1v) is 6.59. The van der Waals surface area contributed by atoms with Gasteiger partial charge in [0, 0.05) is 19.2 Å². The van der Waals surface area contributed by atoms with Crippen molar-refractivity contribution in [3.8, 4) is 0 Å². The minimum Gasteiger partial charge on any atom is -0.469 e. The van der Waals surface area contributed by atoms with Crippen molar-refractivity contribution < 1.29 is 19.2 Å². The van der Waals surface area contributed by atoms with Gasteiger partial charge in [0.25, 0.3) is 11.6 Å². The number of hydrogen-bond donors (Lipinski definition) is 0. The van der Waals surface area contributed by atoms with Crippen LogP contribution in [0.1, 0.15) is 23.7 Å². The van der Waals surface area contributed by atoms with E-state index in [0.29, 0.717) is 6.54 Å². The number of methoxy groups -OCH3 is 1. The van der Waals surface area contributed by atoms with Crippen LogP contribution in [0.15, 0.2) is 18.2 Å². The molecule has 0 fully saturated rings. The Hall–Kier alpha value is -2.15. The molecule has 0 bridgehead atoms. The molecule has 0 saturated heterocycles. The fourth-order valence-corrected chi connectivity index (χ4v) is 2.00. The molecule has 1 aromatic rings. The normalized spacial score (nSPS) is 10.0. The average molecular weight is 315 g/mol. The first-order valence-electron chi connectivity index (χ1n) is 6.21. The number of amides is 1. The zero-order valence-corrected chi connectivity index (χ0v) is 12.4. The Balaban J connectivity index is 2.98. The molecule has 0 aliphatic rings. The molecule has 0 spiro atoms. The molecule has 7 nitrogen and oxygen atoms in total. The van der Waals surface area contributed by atoms with Gasteiger partial charge in [0.05, 0.1) is 24.0 Å². The van der Waals surface area contributed by atoms with Gasteiger partial charge in [-0.2, -0.15) is 0 Å². The largest absolute Gasteiger partial charge is 0.469 e. The van der Waals surface area contributed by atoms with Crippen LogP contribution in [0.4, 0.5) is 5.69 Å². The van der Waals surface area contributed by atoms with Crippen LogP contribution < -0.4 is 0 Å². The van der Waals surface area contributed by atoms with E-state index in [1.165, 1.54) is 30.2 Å². The number of hydrogen-bond acceptors (Lipinski definition) is 5. The number of esters is 1. The van der Waals surface area contributed by atoms with Crippen molar-refractivity contribution >= 4 is 29.2 Å². The first-order chi connectivity index (χ1) is 9.92. The molecule has 1 aromatic carbocycles. The lowest BCUT2D eigenvalue weighted by atomic mass is 10.1. The fourth-order valence-electron chi connectivity index (χ4n) is 1.73. The van der Waals surface area contributed by atoms with E-state index >= 15 is 0 Å². The molecular formula is C13H15ClN2O5. The highest BCUT2D eigenvalue weighted by molar-refractivity contribution is 6.35. The maximum atomic E-state index is 12.3. The highest BCUT2D eigenvalue weighted by atomic mass is 35.5. The van der Waals surface area contributed by atoms with Crippen LogP contribution in [0.2, 0.25) is 5.02 Å². The Kier molecular flexibility index (Phi) is 6.10. The summed E-state index contributed by atoms with van der Waals surface area (Å²) >= 11 is 5.91. The standard InChI is InChI=1S/C13H15ClN2O5/c1-3-15(8-7-11(17)21-2)13(18)9-5-4-6-10(12(9)14)16(19)20/h4-6H,3,7-8H2,1-2H3. The van der Waals surface area contributed by atoms with E-state index in [4.69, 9.17) is 11.6 Å². The van der Waals surface area contributed by atoms with E-state index in [0.717, 1.165) is 0 Å². The van der Waals surface area contributed by atoms with Crippen molar-refractivity contribution in [2.75, 3.05) is 20.2 Å². The third-order valence-electron chi connectivity index (χ3n) is 2.89. The highest BCUT2D eigenvalue weighted by Gasteiger charge is 2.23. The number of benzene rings is 1. The smallest absolute Gasteiger partial charge is 0.307 e. The lowest BCUT2D eigenvalue weighted by Crippen LogP contribution is -2.33. The zero-order valence-electron chi connectivity index (χ0n) is 11.7. The van der Waals surface area contributed by atoms with Gasteiger partial charge in [-0.25, -0.2) is 0 Å². The van der Waals surface area contributed by atoms with Crippen molar-refractivity contribution in [2.24, 2.45) is 0 Å². The van der Waals surface area contributed by atoms with E-state index in [1.54, 1.807) is 6.92 Å². The van der Waals surface area contributed by atoms with Gasteiger partial charge in [-0.15, -0.1) is 0 Å². The van der Waals surface area contributed by atoms with Crippen LogP contribution in [-0.2, 0) is 9.53 Å². The van der Waals surface area contributed by atoms with Gasteiger partial charge in [-0.05, 0) is 13.0 Å². The summed E-state index contributed by atoms with van der Waals surface area (Å²) in [5.41, 5.74) is -0.288. The van der Waals surface area contributed by atoms with Gasteiger partial charge in [-0.3, -0.25) is 19.7 Å². The van der Waals surface area contributed by atoms with Crippen molar-refractivity contribution in [3.05, 3.63) is 38.9 Å². The van der Waals surface area contributed by atoms with Crippen molar-refractivity contribution in [1.29, 1.82) is 0 Å². The van der Waals surface area contributed by atoms with E-state index < -0.39 is 16.8 Å². The summed E-state index contributed by atoms with van der Waals surface area (Å²) in [5.74, 6) is -0.901. The Morgan fingerprint density at radius 2 is 2.10 bits per heavy atom. The average Bonchev–Trinajstić information content (AvgIpc) is 2.47. The minimum absolute atomic E-state index is 0.0394. The van der Waals surface area contributed by atoms with Crippen LogP contribution in [0, 0.1) is 10.1 Å². The van der Waals surface area contributed by atoms with Gasteiger partial charge >= 0.3 is 5.97 Å². The topological polar surface area (TPSA) is 89.8 Å². The molecule has 0 N–H and O–H groups in total. The molecule has 0 aliphatic heterocycles. The van der Waals surface area contributed by atoms with Crippen molar-refractivity contribution in [3.63, 3.8) is 0 Å². The van der Waals surface area contributed by atoms with Gasteiger partial charge in [0.2, 0.25) is 0 Å². The zero-order chi connectivity index (χ0) is 16.0. The lowest BCUT2D eigenvalue weighted by Gasteiger charge is -2.20. The summed E-state index contributed by atoms with van der Waals surface area (Å²) in [5, 5.41) is 10.6. The fraction of sp³-hybridized carbons (Fsp3) is 0.385. The molecule has 0 unspecified atom stereocenters. The summed E-state index contributed by atoms with van der Waals surface area (Å²) in [6.45, 7) is 2.23. The van der Waals surface area contributed by atoms with Crippen LogP contribution in [0.25, 0.3) is 0 Å². The molecule has 1 rings (SSSR count). The van der Waals surface area contributed by atoms with Gasteiger partial charge in [0.15, 0.2) is 0 Å². The molecule has 0 aliphatic carbocycles. The van der Waals surface area contributed by atoms with Crippen LogP contribution in [-0.4, -0.2) is 41.9 Å². The third kappa shape index (κ3) is 4.16. The third-order valence-corrected chi connectivity index (χ3v) is 3.29. The van der Waals surface area contributed by atoms with E-state index in [2.05, 4.69) is 4.74 Å². The molecule has 0 radical (unpaired) electrons. The lowest BCUT2D eigenvalue weighted by molar-refractivity contribution is -0.384. The molecule has 21 heavy (non-hydrogen) atoms. The van der Waals surface area contributed by atoms with Gasteiger partial charge < -0.3 is 9.64 Å². The van der Waals surface area contributed by atoms with E-state index in [9.17, 15) is 19.7 Å². The molecule has 0 heterocycles. The van der Waals surface area contributed by atoms with Crippen LogP contribution >= 0.6 is 11.6 Å². The van der Waals surface area contributed by atoms with Crippen molar-refractivity contribution in [1.82, 2.24) is 4.90 Å². The summed E-state index contributed by atoms with van der Waals surface area (Å²) in [6, 6.07) is 4.04. The summed E-state index contributed by atoms with van der Waals surface area (Å²) in [4.78, 5) is 35.0. The number of nitrogens with zero attached hydrogens (tertiary/aromatic N) is 2. The molecule has 0 saturated carbocycles. The summed E-state index contributed by atoms with van der Waals surface area (Å²) in [7, 11) is 1.26. The van der Waals surface area contributed by atoms with Crippen molar-refractivity contribution in [2.45, 2.75) is 13.3 Å². The predicted molar refractivity (Wildman–Crippen MR) is 76.3 cm³/mol. The summed E-state index contributed by atoms with van der Waals surface area (Å²) < 4.78 is 4.51. The maximum Gasteiger partial charge on any atom is 0.307 e. The molecule has 8 heteroatoms. The molecule has 0 atom stereocenters. The summed E-state index contributed by atoms with van der Waals surface area (Å²) in [6.07, 6.45) is 0.0443. The Labute approximate surface area is 126 Å². The number of carbonyl (C=O) groups is 2. The molecule has 114 valence electrons. The molecular weight excluding hydrogens is 300 g/mol. The number of halogens is 1. The second-order valence-electron chi connectivity index (χ2n) is 4.11. The molecule has 1 amide bonds. The van der Waals surface area contributed by atoms with Crippen LogP contribution in [0.3, 0.4) is 0 Å². The Morgan fingerprint density at radius 1 is 1.43 bits per heavy atom. The second kappa shape index (κ2) is 7.58. The monoisotopic (exact) mass is 314 g/mol. The highest BCUT2D eigenvalue weighted by Crippen LogP contribution is 2.28. The van der Waals surface area contributed by atoms with Gasteiger partial charge in [0.1, 0.15) is 5.02 Å². The SMILES string of the molecule is CCN(CCC(=O)OC)C(=O)c1cccc([N+](=O)[O-])c1Cl. The van der Waals surface area contributed by atoms with E-state index in [-0.39, 0.29) is 29.2 Å². The van der Waals surface area contributed by atoms with E-state index in [1.807, 2.05) is 0 Å². The number of ether oxygens (including phenoxy) is 1. The molecule has 0 aromatic heterocycles. The number of nitro groups is 1. The van der Waals surface area contributed by atoms with Gasteiger partial charge in [-0.1, -0.05) is 17.7 Å². The maximum absolute atomic E-state index is 12.3. The predicted octanol–water partition coefficient (Wildman–Crippen LogP) is 2.27. The Bertz CT molecular complexity index is 561.